The molecule has 2 nitrogen and oxygen atoms in total. The molecule has 5 heteroatoms. The normalized spacial score (nSPS) is 31.0. The van der Waals surface area contributed by atoms with Gasteiger partial charge in [-0.2, -0.15) is 13.2 Å². The Morgan fingerprint density at radius 3 is 1.88 bits per heavy atom. The van der Waals surface area contributed by atoms with Gasteiger partial charge in [0.1, 0.15) is 0 Å². The van der Waals surface area contributed by atoms with Gasteiger partial charge in [0.2, 0.25) is 5.82 Å². The van der Waals surface area contributed by atoms with Gasteiger partial charge in [0, 0.05) is 12.4 Å². The fraction of sp³-hybridized carbons (Fsp3) is 0.800. The molecule has 0 atom stereocenters. The second-order valence-corrected chi connectivity index (χ2v) is 8.02. The molecule has 0 radical (unpaired) electrons. The Labute approximate surface area is 148 Å². The maximum absolute atomic E-state index is 12.6. The molecule has 2 aliphatic rings. The van der Waals surface area contributed by atoms with Crippen LogP contribution in [0.25, 0.3) is 0 Å². The Bertz CT molecular complexity index is 525. The molecule has 0 aromatic carbocycles. The van der Waals surface area contributed by atoms with Crippen LogP contribution in [0, 0.1) is 17.8 Å². The summed E-state index contributed by atoms with van der Waals surface area (Å²) in [4.78, 5) is 7.05. The smallest absolute Gasteiger partial charge is 0.233 e. The number of alkyl halides is 3. The Balaban J connectivity index is 1.49. The molecule has 0 N–H and O–H groups in total. The number of rotatable bonds is 4. The van der Waals surface area contributed by atoms with Gasteiger partial charge in [-0.25, -0.2) is 9.97 Å². The minimum Gasteiger partial charge on any atom is -0.233 e. The highest BCUT2D eigenvalue weighted by atomic mass is 19.4. The molecule has 0 saturated heterocycles. The Morgan fingerprint density at radius 1 is 0.880 bits per heavy atom. The minimum absolute atomic E-state index is 0.329. The largest absolute Gasteiger partial charge is 0.451 e. The molecular formula is C20H29F3N2. The highest BCUT2D eigenvalue weighted by Gasteiger charge is 2.35. The molecule has 0 spiro atoms. The van der Waals surface area contributed by atoms with Crippen molar-refractivity contribution < 1.29 is 13.2 Å². The first-order valence-electron chi connectivity index (χ1n) is 9.86. The number of hydrogen-bond donors (Lipinski definition) is 0. The van der Waals surface area contributed by atoms with E-state index in [1.807, 2.05) is 0 Å². The lowest BCUT2D eigenvalue weighted by molar-refractivity contribution is -0.145. The molecule has 2 fully saturated rings. The quantitative estimate of drug-likeness (QED) is 0.627. The van der Waals surface area contributed by atoms with Crippen LogP contribution in [0.15, 0.2) is 12.4 Å². The second-order valence-electron chi connectivity index (χ2n) is 8.02. The fourth-order valence-electron chi connectivity index (χ4n) is 4.98. The number of aromatic nitrogens is 2. The van der Waals surface area contributed by atoms with Gasteiger partial charge in [-0.3, -0.25) is 0 Å². The van der Waals surface area contributed by atoms with Crippen LogP contribution in [0.1, 0.15) is 88.4 Å². The fourth-order valence-corrected chi connectivity index (χ4v) is 4.98. The average Bonchev–Trinajstić information content (AvgIpc) is 2.62. The first kappa shape index (κ1) is 18.7. The van der Waals surface area contributed by atoms with Crippen LogP contribution >= 0.6 is 0 Å². The lowest BCUT2D eigenvalue weighted by Crippen LogP contribution is -2.25. The minimum atomic E-state index is -4.45. The van der Waals surface area contributed by atoms with E-state index in [1.54, 1.807) is 0 Å². The highest BCUT2D eigenvalue weighted by Crippen LogP contribution is 2.44. The lowest BCUT2D eigenvalue weighted by atomic mass is 9.68. The maximum atomic E-state index is 12.6. The van der Waals surface area contributed by atoms with Crippen LogP contribution in [0.4, 0.5) is 13.2 Å². The van der Waals surface area contributed by atoms with Gasteiger partial charge in [-0.1, -0.05) is 32.6 Å². The topological polar surface area (TPSA) is 25.8 Å². The van der Waals surface area contributed by atoms with E-state index in [2.05, 4.69) is 16.9 Å². The van der Waals surface area contributed by atoms with Crippen molar-refractivity contribution in [1.82, 2.24) is 9.97 Å². The van der Waals surface area contributed by atoms with Gasteiger partial charge in [-0.05, 0) is 67.8 Å². The standard InChI is InChI=1S/C20H29F3N2/c1-2-3-14-4-6-15(7-5-14)16-8-10-17(11-9-16)18-12-24-19(25-13-18)20(21,22)23/h12-17H,2-11H2,1H3/t14-,15-,16-,17-. The molecule has 0 unspecified atom stereocenters. The predicted molar refractivity (Wildman–Crippen MR) is 92.1 cm³/mol. The summed E-state index contributed by atoms with van der Waals surface area (Å²) in [5.74, 6) is 1.93. The van der Waals surface area contributed by atoms with E-state index in [9.17, 15) is 13.2 Å². The molecule has 140 valence electrons. The van der Waals surface area contributed by atoms with E-state index in [-0.39, 0.29) is 0 Å². The molecule has 1 aromatic heterocycles. The van der Waals surface area contributed by atoms with Crippen LogP contribution in [0.3, 0.4) is 0 Å². The van der Waals surface area contributed by atoms with Gasteiger partial charge >= 0.3 is 6.18 Å². The molecule has 1 aromatic rings. The lowest BCUT2D eigenvalue weighted by Gasteiger charge is -2.38. The Morgan fingerprint density at radius 2 is 1.40 bits per heavy atom. The van der Waals surface area contributed by atoms with Crippen LogP contribution in [-0.2, 0) is 6.18 Å². The Kier molecular flexibility index (Phi) is 6.00. The maximum Gasteiger partial charge on any atom is 0.451 e. The average molecular weight is 354 g/mol. The molecular weight excluding hydrogens is 325 g/mol. The van der Waals surface area contributed by atoms with Crippen LogP contribution in [0.2, 0.25) is 0 Å². The summed E-state index contributed by atoms with van der Waals surface area (Å²) >= 11 is 0. The van der Waals surface area contributed by atoms with Crippen molar-refractivity contribution in [3.63, 3.8) is 0 Å². The van der Waals surface area contributed by atoms with Crippen LogP contribution in [0.5, 0.6) is 0 Å². The van der Waals surface area contributed by atoms with Crippen molar-refractivity contribution in [1.29, 1.82) is 0 Å². The van der Waals surface area contributed by atoms with Crippen molar-refractivity contribution >= 4 is 0 Å². The number of nitrogens with zero attached hydrogens (tertiary/aromatic N) is 2. The summed E-state index contributed by atoms with van der Waals surface area (Å²) in [5, 5.41) is 0. The van der Waals surface area contributed by atoms with Gasteiger partial charge in [0.15, 0.2) is 0 Å². The molecule has 0 aliphatic heterocycles. The van der Waals surface area contributed by atoms with Gasteiger partial charge in [0.25, 0.3) is 0 Å². The first-order valence-corrected chi connectivity index (χ1v) is 9.86. The van der Waals surface area contributed by atoms with Crippen LogP contribution in [-0.4, -0.2) is 9.97 Å². The zero-order valence-electron chi connectivity index (χ0n) is 15.1. The summed E-state index contributed by atoms with van der Waals surface area (Å²) in [7, 11) is 0. The summed E-state index contributed by atoms with van der Waals surface area (Å²) in [6.07, 6.45) is 11.1. The number of halogens is 3. The number of hydrogen-bond acceptors (Lipinski definition) is 2. The SMILES string of the molecule is CCC[C@H]1CC[C@H]([C@H]2CC[C@H](c3cnc(C(F)(F)F)nc3)CC2)CC1. The molecule has 2 saturated carbocycles. The van der Waals surface area contributed by atoms with E-state index in [0.29, 0.717) is 5.92 Å². The van der Waals surface area contributed by atoms with Gasteiger partial charge < -0.3 is 0 Å². The van der Waals surface area contributed by atoms with E-state index >= 15 is 0 Å². The zero-order valence-corrected chi connectivity index (χ0v) is 15.1. The Hall–Kier alpha value is -1.13. The predicted octanol–water partition coefficient (Wildman–Crippen LogP) is 6.38. The van der Waals surface area contributed by atoms with Crippen molar-refractivity contribution in [3.05, 3.63) is 23.8 Å². The molecule has 2 aliphatic carbocycles. The third-order valence-electron chi connectivity index (χ3n) is 6.42. The highest BCUT2D eigenvalue weighted by molar-refractivity contribution is 5.13. The summed E-state index contributed by atoms with van der Waals surface area (Å²) in [6, 6.07) is 0. The zero-order chi connectivity index (χ0) is 17.9. The van der Waals surface area contributed by atoms with E-state index in [0.717, 1.165) is 36.2 Å². The van der Waals surface area contributed by atoms with Gasteiger partial charge in [0.05, 0.1) is 0 Å². The van der Waals surface area contributed by atoms with E-state index in [4.69, 9.17) is 0 Å². The molecule has 3 rings (SSSR count). The van der Waals surface area contributed by atoms with E-state index in [1.165, 1.54) is 63.8 Å². The summed E-state index contributed by atoms with van der Waals surface area (Å²) in [5.41, 5.74) is 0.873. The third kappa shape index (κ3) is 4.73. The van der Waals surface area contributed by atoms with Crippen molar-refractivity contribution in [2.75, 3.05) is 0 Å². The molecule has 0 bridgehead atoms. The van der Waals surface area contributed by atoms with Crippen molar-refractivity contribution in [3.8, 4) is 0 Å². The third-order valence-corrected chi connectivity index (χ3v) is 6.42. The summed E-state index contributed by atoms with van der Waals surface area (Å²) in [6.45, 7) is 2.28. The molecule has 0 amide bonds. The van der Waals surface area contributed by atoms with Crippen molar-refractivity contribution in [2.45, 2.75) is 83.2 Å². The van der Waals surface area contributed by atoms with E-state index < -0.39 is 12.0 Å². The van der Waals surface area contributed by atoms with Gasteiger partial charge in [-0.15, -0.1) is 0 Å². The monoisotopic (exact) mass is 354 g/mol. The first-order chi connectivity index (χ1) is 12.0. The van der Waals surface area contributed by atoms with Crippen molar-refractivity contribution in [2.24, 2.45) is 17.8 Å². The summed E-state index contributed by atoms with van der Waals surface area (Å²) < 4.78 is 37.7. The second kappa shape index (κ2) is 8.05. The molecule has 1 heterocycles. The van der Waals surface area contributed by atoms with Crippen LogP contribution < -0.4 is 0 Å². The molecule has 25 heavy (non-hydrogen) atoms.